The molecule has 3 fully saturated rings. The van der Waals surface area contributed by atoms with E-state index in [1.807, 2.05) is 0 Å². The van der Waals surface area contributed by atoms with E-state index in [0.29, 0.717) is 23.2 Å². The van der Waals surface area contributed by atoms with Crippen LogP contribution in [0.25, 0.3) is 0 Å². The van der Waals surface area contributed by atoms with E-state index in [0.717, 1.165) is 12.8 Å². The minimum atomic E-state index is -4.16. The van der Waals surface area contributed by atoms with E-state index in [9.17, 15) is 19.5 Å². The molecular weight excluding hydrogens is 287 g/mol. The van der Waals surface area contributed by atoms with Crippen molar-refractivity contribution < 1.29 is 19.5 Å². The zero-order valence-corrected chi connectivity index (χ0v) is 14.2. The van der Waals surface area contributed by atoms with Crippen molar-refractivity contribution >= 4 is 7.60 Å². The van der Waals surface area contributed by atoms with E-state index in [-0.39, 0.29) is 17.5 Å². The van der Waals surface area contributed by atoms with Crippen LogP contribution in [0.2, 0.25) is 0 Å². The highest BCUT2D eigenvalue weighted by Gasteiger charge is 2.66. The molecule has 5 heteroatoms. The molecule has 0 saturated heterocycles. The molecule has 3 saturated carbocycles. The van der Waals surface area contributed by atoms with Gasteiger partial charge >= 0.3 is 7.60 Å². The largest absolute Gasteiger partial charge is 0.392 e. The maximum atomic E-state index is 11.3. The van der Waals surface area contributed by atoms with Gasteiger partial charge in [-0.15, -0.1) is 0 Å². The first-order valence-corrected chi connectivity index (χ1v) is 10.1. The zero-order valence-electron chi connectivity index (χ0n) is 13.3. The third-order valence-electron chi connectivity index (χ3n) is 7.05. The summed E-state index contributed by atoms with van der Waals surface area (Å²) in [6.07, 6.45) is 4.62. The van der Waals surface area contributed by atoms with E-state index < -0.39 is 13.7 Å². The normalized spacial score (nSPS) is 46.4. The molecule has 3 rings (SSSR count). The monoisotopic (exact) mass is 316 g/mol. The van der Waals surface area contributed by atoms with Crippen LogP contribution in [0.3, 0.4) is 0 Å². The summed E-state index contributed by atoms with van der Waals surface area (Å²) in [4.78, 5) is 18.5. The van der Waals surface area contributed by atoms with Crippen LogP contribution in [-0.2, 0) is 4.57 Å². The van der Waals surface area contributed by atoms with Gasteiger partial charge in [-0.2, -0.15) is 0 Å². The number of hydrogen-bond donors (Lipinski definition) is 3. The molecule has 3 aliphatic carbocycles. The quantitative estimate of drug-likeness (QED) is 0.699. The van der Waals surface area contributed by atoms with Crippen molar-refractivity contribution in [2.75, 3.05) is 6.16 Å². The average Bonchev–Trinajstić information content (AvgIpc) is 2.76. The molecule has 0 aromatic rings. The summed E-state index contributed by atoms with van der Waals surface area (Å²) in [5, 5.41) is 10.6. The molecule has 122 valence electrons. The van der Waals surface area contributed by atoms with Crippen molar-refractivity contribution in [2.24, 2.45) is 34.5 Å². The first-order chi connectivity index (χ1) is 9.56. The number of rotatable bonds is 3. The van der Waals surface area contributed by atoms with Gasteiger partial charge in [0.15, 0.2) is 0 Å². The summed E-state index contributed by atoms with van der Waals surface area (Å²) in [5.41, 5.74) is 0.357. The van der Waals surface area contributed by atoms with Gasteiger partial charge < -0.3 is 14.9 Å². The standard InChI is InChI=1S/C16H29O4P/c1-15(2)7-4-8-16(3)11-6-5-10(13(11)15)14(16)12(17)9-21(18,19)20/h10-14,17H,4-9H2,1-3H3,(H2,18,19,20)/t10-,11+,12+,13+,14+,16-/m0/s1. The highest BCUT2D eigenvalue weighted by atomic mass is 31.2. The van der Waals surface area contributed by atoms with Gasteiger partial charge in [0.25, 0.3) is 0 Å². The van der Waals surface area contributed by atoms with Crippen LogP contribution < -0.4 is 0 Å². The van der Waals surface area contributed by atoms with E-state index in [2.05, 4.69) is 20.8 Å². The fourth-order valence-electron chi connectivity index (χ4n) is 6.56. The summed E-state index contributed by atoms with van der Waals surface area (Å²) in [7, 11) is -4.16. The molecule has 3 aliphatic rings. The molecule has 0 amide bonds. The average molecular weight is 316 g/mol. The van der Waals surface area contributed by atoms with E-state index in [4.69, 9.17) is 0 Å². The molecule has 0 unspecified atom stereocenters. The van der Waals surface area contributed by atoms with Crippen molar-refractivity contribution in [1.29, 1.82) is 0 Å². The molecule has 6 atom stereocenters. The van der Waals surface area contributed by atoms with Crippen LogP contribution in [0.15, 0.2) is 0 Å². The van der Waals surface area contributed by atoms with E-state index in [1.54, 1.807) is 0 Å². The smallest absolute Gasteiger partial charge is 0.328 e. The Morgan fingerprint density at radius 3 is 2.48 bits per heavy atom. The van der Waals surface area contributed by atoms with Gasteiger partial charge in [0.1, 0.15) is 0 Å². The third-order valence-corrected chi connectivity index (χ3v) is 7.90. The second-order valence-electron chi connectivity index (χ2n) is 8.66. The first kappa shape index (κ1) is 16.0. The lowest BCUT2D eigenvalue weighted by Crippen LogP contribution is -2.42. The van der Waals surface area contributed by atoms with Gasteiger partial charge in [0, 0.05) is 0 Å². The Labute approximate surface area is 127 Å². The molecule has 0 aromatic heterocycles. The summed E-state index contributed by atoms with van der Waals surface area (Å²) < 4.78 is 11.3. The SMILES string of the molecule is CC1(C)CCC[C@]2(C)[C@@H]([C@H](O)CP(=O)(O)O)[C@H]3CC[C@@H]2[C@@H]31. The van der Waals surface area contributed by atoms with E-state index >= 15 is 0 Å². The van der Waals surface area contributed by atoms with Crippen molar-refractivity contribution in [3.05, 3.63) is 0 Å². The molecule has 4 bridgehead atoms. The molecule has 0 radical (unpaired) electrons. The fraction of sp³-hybridized carbons (Fsp3) is 1.00. The van der Waals surface area contributed by atoms with Crippen LogP contribution >= 0.6 is 7.60 Å². The van der Waals surface area contributed by atoms with Crippen LogP contribution in [0, 0.1) is 34.5 Å². The van der Waals surface area contributed by atoms with Crippen molar-refractivity contribution in [3.8, 4) is 0 Å². The Bertz CT molecular complexity index is 471. The fourth-order valence-corrected chi connectivity index (χ4v) is 7.27. The predicted octanol–water partition coefficient (Wildman–Crippen LogP) is 3.01. The van der Waals surface area contributed by atoms with Gasteiger partial charge in [-0.3, -0.25) is 4.57 Å². The van der Waals surface area contributed by atoms with Crippen molar-refractivity contribution in [3.63, 3.8) is 0 Å². The minimum Gasteiger partial charge on any atom is -0.392 e. The maximum absolute atomic E-state index is 11.3. The Hall–Kier alpha value is 0.110. The van der Waals surface area contributed by atoms with Crippen LogP contribution in [0.5, 0.6) is 0 Å². The van der Waals surface area contributed by atoms with Gasteiger partial charge in [0.05, 0.1) is 12.3 Å². The molecule has 0 heterocycles. The lowest BCUT2D eigenvalue weighted by molar-refractivity contribution is -0.0118. The molecule has 21 heavy (non-hydrogen) atoms. The summed E-state index contributed by atoms with van der Waals surface area (Å²) >= 11 is 0. The zero-order chi connectivity index (χ0) is 15.6. The van der Waals surface area contributed by atoms with Gasteiger partial charge in [-0.25, -0.2) is 0 Å². The van der Waals surface area contributed by atoms with Gasteiger partial charge in [0.2, 0.25) is 0 Å². The Morgan fingerprint density at radius 1 is 1.19 bits per heavy atom. The topological polar surface area (TPSA) is 77.8 Å². The van der Waals surface area contributed by atoms with Crippen molar-refractivity contribution in [2.45, 2.75) is 59.0 Å². The Kier molecular flexibility index (Phi) is 3.65. The number of aliphatic hydroxyl groups excluding tert-OH is 1. The lowest BCUT2D eigenvalue weighted by Gasteiger charge is -2.44. The molecule has 0 aromatic carbocycles. The number of hydrogen-bond acceptors (Lipinski definition) is 2. The Morgan fingerprint density at radius 2 is 1.86 bits per heavy atom. The summed E-state index contributed by atoms with van der Waals surface area (Å²) in [6.45, 7) is 6.98. The maximum Gasteiger partial charge on any atom is 0.328 e. The second-order valence-corrected chi connectivity index (χ2v) is 10.4. The highest BCUT2D eigenvalue weighted by molar-refractivity contribution is 7.51. The predicted molar refractivity (Wildman–Crippen MR) is 81.9 cm³/mol. The molecular formula is C16H29O4P. The van der Waals surface area contributed by atoms with E-state index in [1.165, 1.54) is 19.3 Å². The third kappa shape index (κ3) is 2.43. The summed E-state index contributed by atoms with van der Waals surface area (Å²) in [5.74, 6) is 1.74. The highest BCUT2D eigenvalue weighted by Crippen LogP contribution is 2.71. The summed E-state index contributed by atoms with van der Waals surface area (Å²) in [6, 6.07) is 0. The number of aliphatic hydroxyl groups is 1. The second kappa shape index (κ2) is 4.80. The van der Waals surface area contributed by atoms with Gasteiger partial charge in [-0.1, -0.05) is 27.2 Å². The van der Waals surface area contributed by atoms with Crippen LogP contribution in [0.1, 0.15) is 52.9 Å². The Balaban J connectivity index is 1.94. The van der Waals surface area contributed by atoms with Crippen LogP contribution in [-0.4, -0.2) is 27.2 Å². The molecule has 0 aliphatic heterocycles. The first-order valence-electron chi connectivity index (χ1n) is 8.29. The molecule has 3 N–H and O–H groups in total. The van der Waals surface area contributed by atoms with Crippen LogP contribution in [0.4, 0.5) is 0 Å². The van der Waals surface area contributed by atoms with Gasteiger partial charge in [-0.05, 0) is 60.2 Å². The van der Waals surface area contributed by atoms with Crippen molar-refractivity contribution in [1.82, 2.24) is 0 Å². The molecule has 0 spiro atoms. The minimum absolute atomic E-state index is 0.0634. The molecule has 4 nitrogen and oxygen atoms in total. The lowest BCUT2D eigenvalue weighted by atomic mass is 9.63.